The van der Waals surface area contributed by atoms with E-state index in [1.165, 1.54) is 18.0 Å². The third-order valence-corrected chi connectivity index (χ3v) is 4.74. The van der Waals surface area contributed by atoms with Gasteiger partial charge < -0.3 is 5.73 Å². The van der Waals surface area contributed by atoms with Gasteiger partial charge in [0.1, 0.15) is 5.84 Å². The number of nitrogens with zero attached hydrogens (tertiary/aromatic N) is 1. The number of benzene rings is 1. The van der Waals surface area contributed by atoms with Gasteiger partial charge in [0.15, 0.2) is 9.84 Å². The molecular formula is C13H13N3O2S2. The maximum Gasteiger partial charge on any atom is 0.175 e. The normalized spacial score (nSPS) is 11.2. The molecule has 0 atom stereocenters. The van der Waals surface area contributed by atoms with E-state index in [4.69, 9.17) is 11.1 Å². The largest absolute Gasteiger partial charge is 0.384 e. The van der Waals surface area contributed by atoms with E-state index in [1.54, 1.807) is 42.7 Å². The molecule has 0 radical (unpaired) electrons. The highest BCUT2D eigenvalue weighted by Gasteiger charge is 2.09. The summed E-state index contributed by atoms with van der Waals surface area (Å²) in [6.45, 7) is 0. The summed E-state index contributed by atoms with van der Waals surface area (Å²) in [5, 5.41) is 7.52. The molecular weight excluding hydrogens is 294 g/mol. The van der Waals surface area contributed by atoms with Crippen LogP contribution in [-0.4, -0.2) is 25.5 Å². The molecule has 1 aromatic carbocycles. The molecule has 0 unspecified atom stereocenters. The Morgan fingerprint density at radius 2 is 1.90 bits per heavy atom. The number of hydrogen-bond acceptors (Lipinski definition) is 5. The van der Waals surface area contributed by atoms with Gasteiger partial charge in [-0.05, 0) is 30.3 Å². The van der Waals surface area contributed by atoms with Gasteiger partial charge in [0, 0.05) is 34.0 Å². The van der Waals surface area contributed by atoms with E-state index in [-0.39, 0.29) is 10.7 Å². The first-order valence-electron chi connectivity index (χ1n) is 5.64. The van der Waals surface area contributed by atoms with Crippen LogP contribution in [0.15, 0.2) is 57.4 Å². The van der Waals surface area contributed by atoms with E-state index >= 15 is 0 Å². The summed E-state index contributed by atoms with van der Waals surface area (Å²) in [5.74, 6) is -0.0253. The van der Waals surface area contributed by atoms with Gasteiger partial charge in [-0.2, -0.15) is 0 Å². The summed E-state index contributed by atoms with van der Waals surface area (Å²) >= 11 is 1.38. The van der Waals surface area contributed by atoms with Crippen molar-refractivity contribution in [3.05, 3.63) is 48.3 Å². The lowest BCUT2D eigenvalue weighted by molar-refractivity contribution is 0.602. The monoisotopic (exact) mass is 307 g/mol. The molecule has 2 aromatic rings. The third kappa shape index (κ3) is 3.37. The zero-order valence-electron chi connectivity index (χ0n) is 10.7. The minimum absolute atomic E-state index is 0.0253. The SMILES string of the molecule is CS(=O)(=O)c1ccc(Sc2cnccc2C(=N)N)cc1. The fraction of sp³-hybridized carbons (Fsp3) is 0.0769. The van der Waals surface area contributed by atoms with Gasteiger partial charge in [0.2, 0.25) is 0 Å². The van der Waals surface area contributed by atoms with Crippen LogP contribution in [0.1, 0.15) is 5.56 Å². The van der Waals surface area contributed by atoms with Crippen molar-refractivity contribution < 1.29 is 8.42 Å². The molecule has 20 heavy (non-hydrogen) atoms. The molecule has 0 saturated carbocycles. The van der Waals surface area contributed by atoms with Gasteiger partial charge in [-0.15, -0.1) is 0 Å². The Kier molecular flexibility index (Phi) is 4.10. The average molecular weight is 307 g/mol. The molecule has 3 N–H and O–H groups in total. The maximum absolute atomic E-state index is 11.4. The number of pyridine rings is 1. The third-order valence-electron chi connectivity index (χ3n) is 2.55. The first-order valence-corrected chi connectivity index (χ1v) is 8.35. The van der Waals surface area contributed by atoms with Crippen molar-refractivity contribution in [2.45, 2.75) is 14.7 Å². The summed E-state index contributed by atoms with van der Waals surface area (Å²) in [6, 6.07) is 8.23. The lowest BCUT2D eigenvalue weighted by Gasteiger charge is -2.07. The second-order valence-corrected chi connectivity index (χ2v) is 7.26. The second-order valence-electron chi connectivity index (χ2n) is 4.13. The van der Waals surface area contributed by atoms with Crippen LogP contribution in [0.5, 0.6) is 0 Å². The zero-order chi connectivity index (χ0) is 14.8. The highest BCUT2D eigenvalue weighted by molar-refractivity contribution is 7.99. The van der Waals surface area contributed by atoms with Crippen LogP contribution >= 0.6 is 11.8 Å². The van der Waals surface area contributed by atoms with Crippen LogP contribution in [0.4, 0.5) is 0 Å². The number of rotatable bonds is 4. The Hall–Kier alpha value is -1.86. The number of nitrogens with two attached hydrogens (primary N) is 1. The van der Waals surface area contributed by atoms with Gasteiger partial charge in [-0.3, -0.25) is 10.4 Å². The van der Waals surface area contributed by atoms with E-state index < -0.39 is 9.84 Å². The molecule has 5 nitrogen and oxygen atoms in total. The first-order chi connectivity index (χ1) is 9.38. The van der Waals surface area contributed by atoms with E-state index in [2.05, 4.69) is 4.98 Å². The zero-order valence-corrected chi connectivity index (χ0v) is 12.3. The average Bonchev–Trinajstić information content (AvgIpc) is 2.38. The molecule has 0 aliphatic rings. The molecule has 0 aliphatic heterocycles. The Balaban J connectivity index is 2.30. The minimum Gasteiger partial charge on any atom is -0.384 e. The van der Waals surface area contributed by atoms with Crippen molar-refractivity contribution in [1.29, 1.82) is 5.41 Å². The Labute approximate surface area is 121 Å². The van der Waals surface area contributed by atoms with Crippen molar-refractivity contribution >= 4 is 27.4 Å². The summed E-state index contributed by atoms with van der Waals surface area (Å²) in [4.78, 5) is 5.90. The van der Waals surface area contributed by atoms with Crippen LogP contribution in [0.3, 0.4) is 0 Å². The van der Waals surface area contributed by atoms with Crippen molar-refractivity contribution in [1.82, 2.24) is 4.98 Å². The molecule has 0 aliphatic carbocycles. The molecule has 0 fully saturated rings. The quantitative estimate of drug-likeness (QED) is 0.664. The Morgan fingerprint density at radius 3 is 2.45 bits per heavy atom. The van der Waals surface area contributed by atoms with Crippen LogP contribution < -0.4 is 5.73 Å². The molecule has 0 spiro atoms. The second kappa shape index (κ2) is 5.64. The van der Waals surface area contributed by atoms with Crippen LogP contribution in [0, 0.1) is 5.41 Å². The number of aromatic nitrogens is 1. The molecule has 0 bridgehead atoms. The fourth-order valence-electron chi connectivity index (χ4n) is 1.57. The Bertz CT molecular complexity index is 740. The van der Waals surface area contributed by atoms with Gasteiger partial charge in [-0.1, -0.05) is 11.8 Å². The highest BCUT2D eigenvalue weighted by Crippen LogP contribution is 2.30. The Morgan fingerprint density at radius 1 is 1.25 bits per heavy atom. The predicted molar refractivity (Wildman–Crippen MR) is 78.9 cm³/mol. The molecule has 2 rings (SSSR count). The van der Waals surface area contributed by atoms with Gasteiger partial charge in [0.25, 0.3) is 0 Å². The van der Waals surface area contributed by atoms with E-state index in [9.17, 15) is 8.42 Å². The van der Waals surface area contributed by atoms with Crippen molar-refractivity contribution in [2.75, 3.05) is 6.26 Å². The predicted octanol–water partition coefficient (Wildman–Crippen LogP) is 1.92. The molecule has 1 heterocycles. The van der Waals surface area contributed by atoms with Gasteiger partial charge in [-0.25, -0.2) is 8.42 Å². The number of hydrogen-bond donors (Lipinski definition) is 2. The van der Waals surface area contributed by atoms with Crippen molar-refractivity contribution in [2.24, 2.45) is 5.73 Å². The topological polar surface area (TPSA) is 96.9 Å². The number of nitrogens with one attached hydrogen (secondary N) is 1. The first kappa shape index (κ1) is 14.5. The molecule has 104 valence electrons. The number of sulfone groups is 1. The smallest absolute Gasteiger partial charge is 0.175 e. The molecule has 7 heteroatoms. The van der Waals surface area contributed by atoms with Gasteiger partial charge >= 0.3 is 0 Å². The van der Waals surface area contributed by atoms with Crippen LogP contribution in [0.25, 0.3) is 0 Å². The molecule has 1 aromatic heterocycles. The lowest BCUT2D eigenvalue weighted by atomic mass is 10.2. The van der Waals surface area contributed by atoms with Crippen molar-refractivity contribution in [3.63, 3.8) is 0 Å². The summed E-state index contributed by atoms with van der Waals surface area (Å²) in [6.07, 6.45) is 4.38. The minimum atomic E-state index is -3.19. The maximum atomic E-state index is 11.4. The molecule has 0 amide bonds. The number of nitrogen functional groups attached to an aromatic ring is 1. The van der Waals surface area contributed by atoms with E-state index in [1.807, 2.05) is 0 Å². The van der Waals surface area contributed by atoms with E-state index in [0.717, 1.165) is 9.79 Å². The van der Waals surface area contributed by atoms with E-state index in [0.29, 0.717) is 5.56 Å². The molecule has 0 saturated heterocycles. The highest BCUT2D eigenvalue weighted by atomic mass is 32.2. The number of amidine groups is 1. The fourth-order valence-corrected chi connectivity index (χ4v) is 3.12. The standard InChI is InChI=1S/C13H13N3O2S2/c1-20(17,18)10-4-2-9(3-5-10)19-12-8-16-7-6-11(12)13(14)15/h2-8H,1H3,(H3,14,15). The van der Waals surface area contributed by atoms with Crippen LogP contribution in [-0.2, 0) is 9.84 Å². The van der Waals surface area contributed by atoms with Crippen molar-refractivity contribution in [3.8, 4) is 0 Å². The van der Waals surface area contributed by atoms with Gasteiger partial charge in [0.05, 0.1) is 4.90 Å². The van der Waals surface area contributed by atoms with Crippen LogP contribution in [0.2, 0.25) is 0 Å². The summed E-state index contributed by atoms with van der Waals surface area (Å²) in [5.41, 5.74) is 6.12. The lowest BCUT2D eigenvalue weighted by Crippen LogP contribution is -2.12. The summed E-state index contributed by atoms with van der Waals surface area (Å²) < 4.78 is 22.8. The summed E-state index contributed by atoms with van der Waals surface area (Å²) in [7, 11) is -3.19.